The van der Waals surface area contributed by atoms with Gasteiger partial charge in [-0.1, -0.05) is 23.7 Å². The molecule has 0 bridgehead atoms. The molecule has 138 valence electrons. The molecule has 3 rings (SSSR count). The number of carbonyl (C=O) groups is 1. The van der Waals surface area contributed by atoms with Crippen LogP contribution in [0.15, 0.2) is 24.3 Å². The second kappa shape index (κ2) is 9.74. The number of piperidine rings is 1. The summed E-state index contributed by atoms with van der Waals surface area (Å²) in [6.07, 6.45) is 2.01. The molecule has 0 aliphatic carbocycles. The fourth-order valence-corrected chi connectivity index (χ4v) is 3.99. The van der Waals surface area contributed by atoms with E-state index in [1.807, 2.05) is 43.1 Å². The Morgan fingerprint density at radius 3 is 2.40 bits per heavy atom. The Morgan fingerprint density at radius 2 is 1.84 bits per heavy atom. The molecule has 0 atom stereocenters. The van der Waals surface area contributed by atoms with Gasteiger partial charge in [0.05, 0.1) is 5.69 Å². The number of hydrogen-bond acceptors (Lipinski definition) is 4. The van der Waals surface area contributed by atoms with Crippen LogP contribution in [-0.2, 0) is 0 Å². The normalized spacial score (nSPS) is 14.6. The van der Waals surface area contributed by atoms with Gasteiger partial charge in [0.25, 0.3) is 5.91 Å². The highest BCUT2D eigenvalue weighted by Gasteiger charge is 2.26. The van der Waals surface area contributed by atoms with Gasteiger partial charge in [-0.2, -0.15) is 0 Å². The first-order valence-electron chi connectivity index (χ1n) is 7.78. The predicted octanol–water partition coefficient (Wildman–Crippen LogP) is 4.44. The first kappa shape index (κ1) is 22.2. The van der Waals surface area contributed by atoms with Crippen molar-refractivity contribution in [2.75, 3.05) is 20.1 Å². The van der Waals surface area contributed by atoms with Crippen LogP contribution in [0.4, 0.5) is 0 Å². The molecule has 8 heteroatoms. The van der Waals surface area contributed by atoms with Crippen molar-refractivity contribution >= 4 is 53.7 Å². The van der Waals surface area contributed by atoms with Crippen LogP contribution < -0.4 is 5.32 Å². The number of thiazole rings is 1. The molecule has 0 spiro atoms. The summed E-state index contributed by atoms with van der Waals surface area (Å²) in [5.74, 6) is 0.106. The van der Waals surface area contributed by atoms with E-state index in [1.165, 1.54) is 11.3 Å². The Morgan fingerprint density at radius 1 is 1.24 bits per heavy atom. The summed E-state index contributed by atoms with van der Waals surface area (Å²) in [6, 6.07) is 8.08. The zero-order valence-electron chi connectivity index (χ0n) is 14.1. The fourth-order valence-electron chi connectivity index (χ4n) is 2.83. The Hall–Kier alpha value is -0.850. The molecule has 1 aromatic heterocycles. The number of nitrogens with one attached hydrogen (secondary N) is 1. The van der Waals surface area contributed by atoms with E-state index in [-0.39, 0.29) is 30.7 Å². The summed E-state index contributed by atoms with van der Waals surface area (Å²) in [5, 5.41) is 4.85. The zero-order valence-corrected chi connectivity index (χ0v) is 17.3. The maximum atomic E-state index is 12.8. The van der Waals surface area contributed by atoms with Gasteiger partial charge >= 0.3 is 0 Å². The standard InChI is InChI=1S/C17H20ClN3OS.2ClH/c1-11-15(17(22)21-9-7-14(19-2)8-10-21)23-16(20-11)12-3-5-13(18)6-4-12;;/h3-6,14,19H,7-10H2,1-2H3;2*1H. The van der Waals surface area contributed by atoms with E-state index in [1.54, 1.807) is 0 Å². The highest BCUT2D eigenvalue weighted by molar-refractivity contribution is 7.17. The third-order valence-corrected chi connectivity index (χ3v) is 5.72. The molecular weight excluding hydrogens is 401 g/mol. The summed E-state index contributed by atoms with van der Waals surface area (Å²) in [5.41, 5.74) is 1.80. The maximum Gasteiger partial charge on any atom is 0.265 e. The summed E-state index contributed by atoms with van der Waals surface area (Å²) >= 11 is 7.39. The molecule has 2 heterocycles. The molecular formula is C17H22Cl3N3OS. The first-order chi connectivity index (χ1) is 11.1. The van der Waals surface area contributed by atoms with Gasteiger partial charge in [-0.15, -0.1) is 36.2 Å². The highest BCUT2D eigenvalue weighted by Crippen LogP contribution is 2.30. The van der Waals surface area contributed by atoms with Crippen LogP contribution in [0.3, 0.4) is 0 Å². The van der Waals surface area contributed by atoms with Crippen molar-refractivity contribution < 1.29 is 4.79 Å². The SMILES string of the molecule is CNC1CCN(C(=O)c2sc(-c3ccc(Cl)cc3)nc2C)CC1.Cl.Cl. The minimum Gasteiger partial charge on any atom is -0.338 e. The molecule has 1 fully saturated rings. The smallest absolute Gasteiger partial charge is 0.265 e. The highest BCUT2D eigenvalue weighted by atomic mass is 35.5. The lowest BCUT2D eigenvalue weighted by Crippen LogP contribution is -2.43. The summed E-state index contributed by atoms with van der Waals surface area (Å²) in [6.45, 7) is 3.51. The predicted molar refractivity (Wildman–Crippen MR) is 110 cm³/mol. The Labute approximate surface area is 169 Å². The molecule has 1 saturated heterocycles. The molecule has 1 aromatic carbocycles. The number of aryl methyl sites for hydroxylation is 1. The lowest BCUT2D eigenvalue weighted by molar-refractivity contribution is 0.0711. The minimum atomic E-state index is 0. The number of amides is 1. The van der Waals surface area contributed by atoms with Crippen LogP contribution in [0, 0.1) is 6.92 Å². The molecule has 4 nitrogen and oxygen atoms in total. The molecule has 0 unspecified atom stereocenters. The largest absolute Gasteiger partial charge is 0.338 e. The molecule has 1 amide bonds. The van der Waals surface area contributed by atoms with Crippen molar-refractivity contribution in [3.8, 4) is 10.6 Å². The van der Waals surface area contributed by atoms with Gasteiger partial charge in [0, 0.05) is 29.7 Å². The van der Waals surface area contributed by atoms with Crippen molar-refractivity contribution in [1.82, 2.24) is 15.2 Å². The number of aromatic nitrogens is 1. The van der Waals surface area contributed by atoms with E-state index < -0.39 is 0 Å². The average Bonchev–Trinajstić information content (AvgIpc) is 2.96. The van der Waals surface area contributed by atoms with Gasteiger partial charge < -0.3 is 10.2 Å². The van der Waals surface area contributed by atoms with Crippen molar-refractivity contribution in [3.05, 3.63) is 39.9 Å². The molecule has 1 aliphatic heterocycles. The third-order valence-electron chi connectivity index (χ3n) is 4.27. The van der Waals surface area contributed by atoms with Crippen LogP contribution in [0.5, 0.6) is 0 Å². The lowest BCUT2D eigenvalue weighted by atomic mass is 10.1. The van der Waals surface area contributed by atoms with Gasteiger partial charge in [-0.05, 0) is 38.9 Å². The summed E-state index contributed by atoms with van der Waals surface area (Å²) in [7, 11) is 1.98. The first-order valence-corrected chi connectivity index (χ1v) is 8.98. The van der Waals surface area contributed by atoms with Crippen molar-refractivity contribution in [3.63, 3.8) is 0 Å². The van der Waals surface area contributed by atoms with E-state index in [0.717, 1.165) is 47.1 Å². The van der Waals surface area contributed by atoms with Crippen LogP contribution in [0.1, 0.15) is 28.2 Å². The van der Waals surface area contributed by atoms with Crippen molar-refractivity contribution in [1.29, 1.82) is 0 Å². The maximum absolute atomic E-state index is 12.8. The van der Waals surface area contributed by atoms with E-state index in [2.05, 4.69) is 10.3 Å². The van der Waals surface area contributed by atoms with E-state index in [0.29, 0.717) is 11.1 Å². The fraction of sp³-hybridized carbons (Fsp3) is 0.412. The van der Waals surface area contributed by atoms with Crippen molar-refractivity contribution in [2.45, 2.75) is 25.8 Å². The Balaban J connectivity index is 0.00000156. The monoisotopic (exact) mass is 421 g/mol. The molecule has 1 aliphatic rings. The molecule has 0 saturated carbocycles. The number of likely N-dealkylation sites (tertiary alicyclic amines) is 1. The Bertz CT molecular complexity index is 698. The van der Waals surface area contributed by atoms with Gasteiger partial charge in [0.2, 0.25) is 0 Å². The second-order valence-electron chi connectivity index (χ2n) is 5.80. The lowest BCUT2D eigenvalue weighted by Gasteiger charge is -2.31. The number of nitrogens with zero attached hydrogens (tertiary/aromatic N) is 2. The Kier molecular flexibility index (Phi) is 8.64. The van der Waals surface area contributed by atoms with Crippen LogP contribution >= 0.6 is 47.8 Å². The number of rotatable bonds is 3. The van der Waals surface area contributed by atoms with Gasteiger partial charge in [-0.25, -0.2) is 4.98 Å². The van der Waals surface area contributed by atoms with Gasteiger partial charge in [0.15, 0.2) is 0 Å². The third kappa shape index (κ3) is 5.08. The molecule has 2 aromatic rings. The van der Waals surface area contributed by atoms with E-state index in [9.17, 15) is 4.79 Å². The van der Waals surface area contributed by atoms with Crippen LogP contribution in [0.2, 0.25) is 5.02 Å². The van der Waals surface area contributed by atoms with Crippen LogP contribution in [-0.4, -0.2) is 42.0 Å². The number of hydrogen-bond donors (Lipinski definition) is 1. The average molecular weight is 423 g/mol. The van der Waals surface area contributed by atoms with Gasteiger partial charge in [-0.3, -0.25) is 4.79 Å². The number of carbonyl (C=O) groups excluding carboxylic acids is 1. The number of benzene rings is 1. The zero-order chi connectivity index (χ0) is 16.4. The number of halogens is 3. The van der Waals surface area contributed by atoms with E-state index >= 15 is 0 Å². The minimum absolute atomic E-state index is 0. The molecule has 0 radical (unpaired) electrons. The van der Waals surface area contributed by atoms with Gasteiger partial charge in [0.1, 0.15) is 9.88 Å². The van der Waals surface area contributed by atoms with Crippen LogP contribution in [0.25, 0.3) is 10.6 Å². The second-order valence-corrected chi connectivity index (χ2v) is 7.23. The molecule has 1 N–H and O–H groups in total. The quantitative estimate of drug-likeness (QED) is 0.795. The molecule has 25 heavy (non-hydrogen) atoms. The van der Waals surface area contributed by atoms with E-state index in [4.69, 9.17) is 11.6 Å². The summed E-state index contributed by atoms with van der Waals surface area (Å²) < 4.78 is 0. The topological polar surface area (TPSA) is 45.2 Å². The van der Waals surface area contributed by atoms with Crippen molar-refractivity contribution in [2.24, 2.45) is 0 Å². The summed E-state index contributed by atoms with van der Waals surface area (Å²) in [4.78, 5) is 20.0.